The first-order valence-electron chi connectivity index (χ1n) is 6.42. The van der Waals surface area contributed by atoms with Crippen LogP contribution in [0.1, 0.15) is 46.5 Å². The van der Waals surface area contributed by atoms with Crippen LogP contribution < -0.4 is 5.32 Å². The summed E-state index contributed by atoms with van der Waals surface area (Å²) >= 11 is 0. The van der Waals surface area contributed by atoms with Gasteiger partial charge in [0.2, 0.25) is 0 Å². The van der Waals surface area contributed by atoms with Crippen LogP contribution in [0.25, 0.3) is 0 Å². The van der Waals surface area contributed by atoms with Crippen molar-refractivity contribution in [2.75, 3.05) is 12.3 Å². The van der Waals surface area contributed by atoms with Crippen molar-refractivity contribution in [1.82, 2.24) is 5.32 Å². The van der Waals surface area contributed by atoms with E-state index < -0.39 is 9.84 Å². The molecule has 1 fully saturated rings. The molecule has 2 atom stereocenters. The summed E-state index contributed by atoms with van der Waals surface area (Å²) in [4.78, 5) is 0. The van der Waals surface area contributed by atoms with Crippen molar-refractivity contribution in [3.05, 3.63) is 0 Å². The largest absolute Gasteiger partial charge is 0.313 e. The number of hydrogen-bond donors (Lipinski definition) is 1. The van der Waals surface area contributed by atoms with Crippen LogP contribution in [0, 0.1) is 5.92 Å². The Morgan fingerprint density at radius 2 is 2.00 bits per heavy atom. The maximum atomic E-state index is 12.0. The fraction of sp³-hybridized carbons (Fsp3) is 1.00. The molecular formula is C12H25NO2S. The van der Waals surface area contributed by atoms with Gasteiger partial charge in [-0.05, 0) is 31.7 Å². The molecule has 16 heavy (non-hydrogen) atoms. The Balaban J connectivity index is 2.75. The fourth-order valence-electron chi connectivity index (χ4n) is 2.57. The van der Waals surface area contributed by atoms with Gasteiger partial charge in [-0.2, -0.15) is 0 Å². The predicted molar refractivity (Wildman–Crippen MR) is 68.3 cm³/mol. The molecule has 1 N–H and O–H groups in total. The minimum atomic E-state index is -2.85. The summed E-state index contributed by atoms with van der Waals surface area (Å²) in [7, 11) is -2.85. The molecule has 1 aliphatic rings. The van der Waals surface area contributed by atoms with Crippen LogP contribution in [0.3, 0.4) is 0 Å². The van der Waals surface area contributed by atoms with Gasteiger partial charge in [0.25, 0.3) is 0 Å². The summed E-state index contributed by atoms with van der Waals surface area (Å²) in [5.74, 6) is 0.929. The van der Waals surface area contributed by atoms with Crippen molar-refractivity contribution >= 4 is 9.84 Å². The molecule has 0 amide bonds. The van der Waals surface area contributed by atoms with Crippen LogP contribution in [-0.2, 0) is 9.84 Å². The van der Waals surface area contributed by atoms with Gasteiger partial charge in [0.1, 0.15) is 0 Å². The average molecular weight is 247 g/mol. The average Bonchev–Trinajstić information content (AvgIpc) is 2.15. The van der Waals surface area contributed by atoms with E-state index in [1.54, 1.807) is 0 Å². The van der Waals surface area contributed by atoms with Crippen molar-refractivity contribution < 1.29 is 8.42 Å². The Hall–Kier alpha value is -0.0900. The van der Waals surface area contributed by atoms with Crippen molar-refractivity contribution in [3.8, 4) is 0 Å². The highest BCUT2D eigenvalue weighted by Gasteiger charge is 2.35. The smallest absolute Gasteiger partial charge is 0.154 e. The van der Waals surface area contributed by atoms with Gasteiger partial charge in [0.15, 0.2) is 9.84 Å². The Kier molecular flexibility index (Phi) is 5.25. The molecule has 0 aromatic rings. The molecule has 0 bridgehead atoms. The molecule has 0 saturated carbocycles. The van der Waals surface area contributed by atoms with Crippen LogP contribution in [0.4, 0.5) is 0 Å². The van der Waals surface area contributed by atoms with Gasteiger partial charge < -0.3 is 5.32 Å². The number of rotatable bonds is 5. The summed E-state index contributed by atoms with van der Waals surface area (Å²) in [6, 6.07) is 0.148. The van der Waals surface area contributed by atoms with Gasteiger partial charge in [-0.1, -0.05) is 27.2 Å². The second kappa shape index (κ2) is 6.01. The fourth-order valence-corrected chi connectivity index (χ4v) is 4.71. The van der Waals surface area contributed by atoms with Gasteiger partial charge in [-0.3, -0.25) is 0 Å². The molecule has 1 saturated heterocycles. The lowest BCUT2D eigenvalue weighted by molar-refractivity contribution is 0.383. The SMILES string of the molecule is CCNC(CC(C)C)C1CCCCS1(=O)=O. The molecule has 3 nitrogen and oxygen atoms in total. The topological polar surface area (TPSA) is 46.2 Å². The van der Waals surface area contributed by atoms with E-state index in [-0.39, 0.29) is 11.3 Å². The van der Waals surface area contributed by atoms with E-state index in [2.05, 4.69) is 19.2 Å². The van der Waals surface area contributed by atoms with Gasteiger partial charge >= 0.3 is 0 Å². The van der Waals surface area contributed by atoms with Gasteiger partial charge in [-0.15, -0.1) is 0 Å². The molecule has 2 unspecified atom stereocenters. The molecule has 4 heteroatoms. The Morgan fingerprint density at radius 1 is 1.31 bits per heavy atom. The molecule has 0 aromatic carbocycles. The van der Waals surface area contributed by atoms with E-state index in [4.69, 9.17) is 0 Å². The quantitative estimate of drug-likeness (QED) is 0.808. The van der Waals surface area contributed by atoms with Crippen LogP contribution in [0.5, 0.6) is 0 Å². The zero-order valence-electron chi connectivity index (χ0n) is 10.7. The Bertz CT molecular complexity index is 298. The monoisotopic (exact) mass is 247 g/mol. The second-order valence-corrected chi connectivity index (χ2v) is 7.53. The molecule has 96 valence electrons. The van der Waals surface area contributed by atoms with Crippen LogP contribution in [0.15, 0.2) is 0 Å². The normalized spacial score (nSPS) is 26.9. The summed E-state index contributed by atoms with van der Waals surface area (Å²) in [5, 5.41) is 3.21. The number of nitrogens with one attached hydrogen (secondary N) is 1. The molecular weight excluding hydrogens is 222 g/mol. The molecule has 0 spiro atoms. The molecule has 1 aliphatic heterocycles. The zero-order chi connectivity index (χ0) is 12.2. The van der Waals surface area contributed by atoms with Crippen LogP contribution in [-0.4, -0.2) is 32.0 Å². The minimum Gasteiger partial charge on any atom is -0.313 e. The lowest BCUT2D eigenvalue weighted by Crippen LogP contribution is -2.47. The highest BCUT2D eigenvalue weighted by molar-refractivity contribution is 7.92. The van der Waals surface area contributed by atoms with Crippen molar-refractivity contribution in [3.63, 3.8) is 0 Å². The first kappa shape index (κ1) is 14.0. The third kappa shape index (κ3) is 3.74. The standard InChI is InChI=1S/C12H25NO2S/c1-4-13-11(9-10(2)3)12-7-5-6-8-16(12,14)15/h10-13H,4-9H2,1-3H3. The van der Waals surface area contributed by atoms with E-state index in [0.29, 0.717) is 11.7 Å². The van der Waals surface area contributed by atoms with Crippen molar-refractivity contribution in [2.45, 2.75) is 57.7 Å². The maximum Gasteiger partial charge on any atom is 0.154 e. The lowest BCUT2D eigenvalue weighted by Gasteiger charge is -2.31. The highest BCUT2D eigenvalue weighted by Crippen LogP contribution is 2.25. The predicted octanol–water partition coefficient (Wildman–Crippen LogP) is 1.98. The number of sulfone groups is 1. The van der Waals surface area contributed by atoms with Gasteiger partial charge in [0, 0.05) is 6.04 Å². The zero-order valence-corrected chi connectivity index (χ0v) is 11.5. The van der Waals surface area contributed by atoms with E-state index >= 15 is 0 Å². The van der Waals surface area contributed by atoms with Crippen molar-refractivity contribution in [2.24, 2.45) is 5.92 Å². The molecule has 1 rings (SSSR count). The molecule has 0 aliphatic carbocycles. The van der Waals surface area contributed by atoms with E-state index in [1.165, 1.54) is 0 Å². The maximum absolute atomic E-state index is 12.0. The first-order valence-corrected chi connectivity index (χ1v) is 8.14. The molecule has 0 aromatic heterocycles. The summed E-state index contributed by atoms with van der Waals surface area (Å²) in [6.07, 6.45) is 3.70. The van der Waals surface area contributed by atoms with Crippen LogP contribution >= 0.6 is 0 Å². The summed E-state index contributed by atoms with van der Waals surface area (Å²) < 4.78 is 24.1. The van der Waals surface area contributed by atoms with E-state index in [0.717, 1.165) is 32.2 Å². The second-order valence-electron chi connectivity index (χ2n) is 5.19. The molecule has 0 radical (unpaired) electrons. The highest BCUT2D eigenvalue weighted by atomic mass is 32.2. The van der Waals surface area contributed by atoms with Gasteiger partial charge in [-0.25, -0.2) is 8.42 Å². The summed E-state index contributed by atoms with van der Waals surface area (Å²) in [5.41, 5.74) is 0. The van der Waals surface area contributed by atoms with Gasteiger partial charge in [0.05, 0.1) is 11.0 Å². The van der Waals surface area contributed by atoms with E-state index in [9.17, 15) is 8.42 Å². The van der Waals surface area contributed by atoms with E-state index in [1.807, 2.05) is 6.92 Å². The van der Waals surface area contributed by atoms with Crippen molar-refractivity contribution in [1.29, 1.82) is 0 Å². The lowest BCUT2D eigenvalue weighted by atomic mass is 9.98. The Morgan fingerprint density at radius 3 is 2.50 bits per heavy atom. The van der Waals surface area contributed by atoms with Crippen LogP contribution in [0.2, 0.25) is 0 Å². The Labute approximate surface area is 99.9 Å². The number of hydrogen-bond acceptors (Lipinski definition) is 3. The molecule has 1 heterocycles. The first-order chi connectivity index (χ1) is 7.47. The third-order valence-corrected chi connectivity index (χ3v) is 5.61. The third-order valence-electron chi connectivity index (χ3n) is 3.27. The minimum absolute atomic E-state index is 0.148. The summed E-state index contributed by atoms with van der Waals surface area (Å²) in [6.45, 7) is 7.20.